The summed E-state index contributed by atoms with van der Waals surface area (Å²) >= 11 is 1.28. The van der Waals surface area contributed by atoms with E-state index in [4.69, 9.17) is 9.84 Å². The molecule has 0 bridgehead atoms. The zero-order valence-electron chi connectivity index (χ0n) is 14.7. The van der Waals surface area contributed by atoms with Crippen molar-refractivity contribution in [3.8, 4) is 5.75 Å². The highest BCUT2D eigenvalue weighted by molar-refractivity contribution is 8.15. The van der Waals surface area contributed by atoms with Gasteiger partial charge >= 0.3 is 5.97 Å². The number of fused-ring (bicyclic) bond motifs is 1. The summed E-state index contributed by atoms with van der Waals surface area (Å²) in [6, 6.07) is 7.15. The van der Waals surface area contributed by atoms with Crippen LogP contribution in [0.15, 0.2) is 29.3 Å². The molecule has 1 amide bonds. The van der Waals surface area contributed by atoms with Crippen LogP contribution in [0.25, 0.3) is 0 Å². The fourth-order valence-electron chi connectivity index (χ4n) is 3.12. The molecule has 0 spiro atoms. The van der Waals surface area contributed by atoms with Gasteiger partial charge < -0.3 is 14.7 Å². The van der Waals surface area contributed by atoms with Crippen molar-refractivity contribution in [2.45, 2.75) is 30.7 Å². The third-order valence-electron chi connectivity index (χ3n) is 4.46. The molecule has 1 N–H and O–H groups in total. The Morgan fingerprint density at radius 2 is 1.96 bits per heavy atom. The molecule has 2 saturated heterocycles. The summed E-state index contributed by atoms with van der Waals surface area (Å²) in [6.45, 7) is 0.415. The Kier molecular flexibility index (Phi) is 5.75. The smallest absolute Gasteiger partial charge is 0.303 e. The maximum atomic E-state index is 12.0. The number of carbonyl (C=O) groups is 2. The normalized spacial score (nSPS) is 24.8. The monoisotopic (exact) mass is 412 g/mol. The number of hydrogen-bond acceptors (Lipinski definition) is 6. The van der Waals surface area contributed by atoms with Crippen molar-refractivity contribution in [2.24, 2.45) is 4.99 Å². The summed E-state index contributed by atoms with van der Waals surface area (Å²) in [5, 5.41) is 9.01. The van der Waals surface area contributed by atoms with Crippen molar-refractivity contribution in [1.29, 1.82) is 0 Å². The van der Waals surface area contributed by atoms with Crippen molar-refractivity contribution in [3.63, 3.8) is 0 Å². The minimum absolute atomic E-state index is 0.0309. The largest absolute Gasteiger partial charge is 0.497 e. The average Bonchev–Trinajstić information content (AvgIpc) is 3.06. The summed E-state index contributed by atoms with van der Waals surface area (Å²) in [4.78, 5) is 28.6. The number of amidine groups is 1. The Labute approximate surface area is 161 Å². The SMILES string of the molecule is COc1ccc(CN2C(=NC(=O)CCC(=O)O)SC3CS(=O)(=O)CC32)cc1. The number of ether oxygens (including phenoxy) is 1. The first-order valence-corrected chi connectivity index (χ1v) is 11.1. The van der Waals surface area contributed by atoms with E-state index >= 15 is 0 Å². The van der Waals surface area contributed by atoms with E-state index in [2.05, 4.69) is 4.99 Å². The number of aliphatic imine (C=N–C) groups is 1. The number of aliphatic carboxylic acids is 1. The molecule has 0 aliphatic carbocycles. The average molecular weight is 412 g/mol. The van der Waals surface area contributed by atoms with Gasteiger partial charge in [0.15, 0.2) is 15.0 Å². The maximum Gasteiger partial charge on any atom is 0.303 e. The highest BCUT2D eigenvalue weighted by atomic mass is 32.2. The van der Waals surface area contributed by atoms with Crippen LogP contribution in [0.5, 0.6) is 5.75 Å². The number of methoxy groups -OCH3 is 1. The number of hydrogen-bond donors (Lipinski definition) is 1. The minimum atomic E-state index is -3.11. The summed E-state index contributed by atoms with van der Waals surface area (Å²) in [6.07, 6.45) is -0.455. The maximum absolute atomic E-state index is 12.0. The van der Waals surface area contributed by atoms with Crippen molar-refractivity contribution in [3.05, 3.63) is 29.8 Å². The number of thioether (sulfide) groups is 1. The molecule has 1 aromatic carbocycles. The van der Waals surface area contributed by atoms with Crippen LogP contribution >= 0.6 is 11.8 Å². The quantitative estimate of drug-likeness (QED) is 0.740. The van der Waals surface area contributed by atoms with E-state index in [9.17, 15) is 18.0 Å². The first kappa shape index (κ1) is 19.7. The van der Waals surface area contributed by atoms with E-state index in [1.165, 1.54) is 11.8 Å². The molecule has 3 rings (SSSR count). The summed E-state index contributed by atoms with van der Waals surface area (Å²) < 4.78 is 29.1. The molecule has 0 radical (unpaired) electrons. The molecule has 0 aromatic heterocycles. The highest BCUT2D eigenvalue weighted by Crippen LogP contribution is 2.39. The van der Waals surface area contributed by atoms with E-state index in [-0.39, 0.29) is 35.6 Å². The standard InChI is InChI=1S/C17H20N2O6S2/c1-25-12-4-2-11(3-5-12)8-19-13-9-27(23,24)10-14(13)26-17(19)18-15(20)6-7-16(21)22/h2-5,13-14H,6-10H2,1H3,(H,21,22). The van der Waals surface area contributed by atoms with Gasteiger partial charge in [-0.1, -0.05) is 23.9 Å². The van der Waals surface area contributed by atoms with Gasteiger partial charge in [0, 0.05) is 18.2 Å². The van der Waals surface area contributed by atoms with Gasteiger partial charge in [-0.25, -0.2) is 8.42 Å². The number of carbonyl (C=O) groups excluding carboxylic acids is 1. The van der Waals surface area contributed by atoms with Gasteiger partial charge in [0.05, 0.1) is 31.1 Å². The molecular formula is C17H20N2O6S2. The van der Waals surface area contributed by atoms with E-state index < -0.39 is 21.7 Å². The third-order valence-corrected chi connectivity index (χ3v) is 7.71. The van der Waals surface area contributed by atoms with Gasteiger partial charge in [-0.15, -0.1) is 0 Å². The number of sulfone groups is 1. The Balaban J connectivity index is 1.81. The lowest BCUT2D eigenvalue weighted by Crippen LogP contribution is -2.37. The molecule has 1 aromatic rings. The molecule has 0 saturated carbocycles. The first-order valence-electron chi connectivity index (χ1n) is 8.37. The molecule has 8 nitrogen and oxygen atoms in total. The lowest BCUT2D eigenvalue weighted by molar-refractivity contribution is -0.138. The van der Waals surface area contributed by atoms with Crippen molar-refractivity contribution in [2.75, 3.05) is 18.6 Å². The van der Waals surface area contributed by atoms with Crippen LogP contribution in [0.3, 0.4) is 0 Å². The number of carboxylic acids is 1. The second-order valence-corrected chi connectivity index (χ2v) is 9.82. The van der Waals surface area contributed by atoms with Crippen LogP contribution < -0.4 is 4.74 Å². The highest BCUT2D eigenvalue weighted by Gasteiger charge is 2.48. The van der Waals surface area contributed by atoms with Gasteiger partial charge in [0.2, 0.25) is 5.91 Å². The summed E-state index contributed by atoms with van der Waals surface area (Å²) in [5.74, 6) is -0.760. The number of rotatable bonds is 6. The molecule has 2 atom stereocenters. The third kappa shape index (κ3) is 4.81. The first-order chi connectivity index (χ1) is 12.8. The molecule has 2 heterocycles. The molecular weight excluding hydrogens is 392 g/mol. The fourth-order valence-corrected chi connectivity index (χ4v) is 7.09. The van der Waals surface area contributed by atoms with Crippen LogP contribution in [0.1, 0.15) is 18.4 Å². The number of amides is 1. The van der Waals surface area contributed by atoms with E-state index in [0.717, 1.165) is 5.56 Å². The van der Waals surface area contributed by atoms with Gasteiger partial charge in [-0.2, -0.15) is 4.99 Å². The van der Waals surface area contributed by atoms with Crippen molar-refractivity contribution < 1.29 is 27.9 Å². The Hall–Kier alpha value is -2.07. The molecule has 146 valence electrons. The van der Waals surface area contributed by atoms with E-state index in [1.54, 1.807) is 7.11 Å². The number of nitrogens with zero attached hydrogens (tertiary/aromatic N) is 2. The van der Waals surface area contributed by atoms with Crippen LogP contribution in [0, 0.1) is 0 Å². The summed E-state index contributed by atoms with van der Waals surface area (Å²) in [5.41, 5.74) is 0.937. The van der Waals surface area contributed by atoms with Gasteiger partial charge in [0.25, 0.3) is 0 Å². The lowest BCUT2D eigenvalue weighted by atomic mass is 10.1. The lowest BCUT2D eigenvalue weighted by Gasteiger charge is -2.24. The molecule has 2 fully saturated rings. The van der Waals surface area contributed by atoms with Crippen LogP contribution in [-0.4, -0.2) is 65.4 Å². The molecule has 2 unspecified atom stereocenters. The topological polar surface area (TPSA) is 113 Å². The van der Waals surface area contributed by atoms with E-state index in [0.29, 0.717) is 17.5 Å². The predicted molar refractivity (Wildman–Crippen MR) is 102 cm³/mol. The van der Waals surface area contributed by atoms with E-state index in [1.807, 2.05) is 29.2 Å². The number of benzene rings is 1. The van der Waals surface area contributed by atoms with Crippen molar-refractivity contribution in [1.82, 2.24) is 4.90 Å². The molecule has 2 aliphatic rings. The molecule has 10 heteroatoms. The van der Waals surface area contributed by atoms with Crippen LogP contribution in [0.2, 0.25) is 0 Å². The Morgan fingerprint density at radius 3 is 2.59 bits per heavy atom. The fraction of sp³-hybridized carbons (Fsp3) is 0.471. The minimum Gasteiger partial charge on any atom is -0.497 e. The van der Waals surface area contributed by atoms with Crippen LogP contribution in [0.4, 0.5) is 0 Å². The zero-order valence-corrected chi connectivity index (χ0v) is 16.3. The Bertz CT molecular complexity index is 866. The second kappa shape index (κ2) is 7.89. The van der Waals surface area contributed by atoms with Gasteiger partial charge in [-0.3, -0.25) is 9.59 Å². The summed E-state index contributed by atoms with van der Waals surface area (Å²) in [7, 11) is -1.54. The zero-order chi connectivity index (χ0) is 19.6. The molecule has 2 aliphatic heterocycles. The molecule has 27 heavy (non-hydrogen) atoms. The van der Waals surface area contributed by atoms with Crippen molar-refractivity contribution >= 4 is 38.6 Å². The predicted octanol–water partition coefficient (Wildman–Crippen LogP) is 1.16. The number of carboxylic acid groups (broad SMARTS) is 1. The van der Waals surface area contributed by atoms with Gasteiger partial charge in [-0.05, 0) is 17.7 Å². The van der Waals surface area contributed by atoms with Gasteiger partial charge in [0.1, 0.15) is 5.75 Å². The Morgan fingerprint density at radius 1 is 1.26 bits per heavy atom. The van der Waals surface area contributed by atoms with Crippen LogP contribution in [-0.2, 0) is 26.0 Å². The second-order valence-electron chi connectivity index (χ2n) is 6.46.